The molecule has 0 spiro atoms. The van der Waals surface area contributed by atoms with E-state index in [0.717, 1.165) is 19.4 Å². The number of hydrogen-bond donors (Lipinski definition) is 2. The minimum Gasteiger partial charge on any atom is -0.379 e. The Hall–Kier alpha value is -1.14. The van der Waals surface area contributed by atoms with Gasteiger partial charge in [-0.2, -0.15) is 0 Å². The molecule has 2 amide bonds. The zero-order valence-corrected chi connectivity index (χ0v) is 11.7. The van der Waals surface area contributed by atoms with Crippen LogP contribution in [0, 0.1) is 0 Å². The van der Waals surface area contributed by atoms with Crippen LogP contribution in [0.25, 0.3) is 0 Å². The monoisotopic (exact) mass is 272 g/mol. The average Bonchev–Trinajstić information content (AvgIpc) is 2.88. The first-order valence-corrected chi connectivity index (χ1v) is 6.89. The second kappa shape index (κ2) is 8.87. The first-order valence-electron chi connectivity index (χ1n) is 6.89. The topological polar surface area (TPSA) is 76.7 Å². The summed E-state index contributed by atoms with van der Waals surface area (Å²) in [6.45, 7) is 6.08. The first-order chi connectivity index (χ1) is 9.09. The van der Waals surface area contributed by atoms with Crippen molar-refractivity contribution in [3.05, 3.63) is 0 Å². The molecular formula is C13H24N2O4. The maximum absolute atomic E-state index is 11.5. The van der Waals surface area contributed by atoms with Crippen molar-refractivity contribution in [2.75, 3.05) is 26.3 Å². The Balaban J connectivity index is 2.02. The van der Waals surface area contributed by atoms with E-state index < -0.39 is 11.8 Å². The molecule has 19 heavy (non-hydrogen) atoms. The molecule has 1 heterocycles. The van der Waals surface area contributed by atoms with Gasteiger partial charge in [0.2, 0.25) is 0 Å². The largest absolute Gasteiger partial charge is 0.379 e. The lowest BCUT2D eigenvalue weighted by atomic mass is 10.2. The van der Waals surface area contributed by atoms with Crippen LogP contribution in [0.3, 0.4) is 0 Å². The molecule has 1 fully saturated rings. The molecule has 1 rings (SSSR count). The van der Waals surface area contributed by atoms with Gasteiger partial charge in [-0.05, 0) is 33.1 Å². The summed E-state index contributed by atoms with van der Waals surface area (Å²) in [7, 11) is 0. The highest BCUT2D eigenvalue weighted by Gasteiger charge is 2.18. The summed E-state index contributed by atoms with van der Waals surface area (Å²) in [6, 6.07) is 0. The van der Waals surface area contributed by atoms with Crippen molar-refractivity contribution >= 4 is 11.8 Å². The number of amides is 2. The lowest BCUT2D eigenvalue weighted by Crippen LogP contribution is -2.43. The number of carbonyl (C=O) groups is 2. The molecule has 0 bridgehead atoms. The van der Waals surface area contributed by atoms with E-state index in [4.69, 9.17) is 9.47 Å². The van der Waals surface area contributed by atoms with Gasteiger partial charge < -0.3 is 20.1 Å². The van der Waals surface area contributed by atoms with Crippen LogP contribution in [0.4, 0.5) is 0 Å². The predicted octanol–water partition coefficient (Wildman–Crippen LogP) is 0.213. The number of nitrogens with one attached hydrogen (secondary N) is 2. The first kappa shape index (κ1) is 15.9. The maximum Gasteiger partial charge on any atom is 0.309 e. The molecule has 1 aliphatic heterocycles. The summed E-state index contributed by atoms with van der Waals surface area (Å²) >= 11 is 0. The molecule has 2 N–H and O–H groups in total. The van der Waals surface area contributed by atoms with Crippen molar-refractivity contribution in [3.63, 3.8) is 0 Å². The molecule has 0 saturated carbocycles. The SMILES string of the molecule is CC(C)OCCCNC(=O)C(=O)NC[C@H]1CCCO1. The second-order valence-electron chi connectivity index (χ2n) is 4.87. The minimum atomic E-state index is -0.597. The summed E-state index contributed by atoms with van der Waals surface area (Å²) < 4.78 is 10.7. The average molecular weight is 272 g/mol. The van der Waals surface area contributed by atoms with Gasteiger partial charge in [-0.3, -0.25) is 9.59 Å². The van der Waals surface area contributed by atoms with E-state index in [1.54, 1.807) is 0 Å². The normalized spacial score (nSPS) is 18.6. The van der Waals surface area contributed by atoms with Gasteiger partial charge in [0.1, 0.15) is 0 Å². The van der Waals surface area contributed by atoms with Crippen molar-refractivity contribution in [2.24, 2.45) is 0 Å². The van der Waals surface area contributed by atoms with Crippen LogP contribution in [0.1, 0.15) is 33.1 Å². The molecule has 1 atom stereocenters. The van der Waals surface area contributed by atoms with E-state index in [1.807, 2.05) is 13.8 Å². The van der Waals surface area contributed by atoms with Gasteiger partial charge in [0.25, 0.3) is 0 Å². The van der Waals surface area contributed by atoms with Crippen molar-refractivity contribution in [2.45, 2.75) is 45.3 Å². The summed E-state index contributed by atoms with van der Waals surface area (Å²) in [5.74, 6) is -1.19. The number of rotatable bonds is 7. The molecule has 6 heteroatoms. The van der Waals surface area contributed by atoms with Crippen molar-refractivity contribution in [1.29, 1.82) is 0 Å². The fourth-order valence-electron chi connectivity index (χ4n) is 1.77. The van der Waals surface area contributed by atoms with E-state index in [9.17, 15) is 9.59 Å². The zero-order chi connectivity index (χ0) is 14.1. The molecule has 0 aromatic heterocycles. The second-order valence-corrected chi connectivity index (χ2v) is 4.87. The lowest BCUT2D eigenvalue weighted by molar-refractivity contribution is -0.139. The smallest absolute Gasteiger partial charge is 0.309 e. The Kier molecular flexibility index (Phi) is 7.43. The van der Waals surface area contributed by atoms with E-state index in [1.165, 1.54) is 0 Å². The Labute approximate surface area is 114 Å². The third-order valence-electron chi connectivity index (χ3n) is 2.78. The van der Waals surface area contributed by atoms with Crippen LogP contribution in [0.15, 0.2) is 0 Å². The molecule has 1 aliphatic rings. The van der Waals surface area contributed by atoms with E-state index >= 15 is 0 Å². The highest BCUT2D eigenvalue weighted by atomic mass is 16.5. The minimum absolute atomic E-state index is 0.0520. The molecule has 6 nitrogen and oxygen atoms in total. The molecule has 0 radical (unpaired) electrons. The van der Waals surface area contributed by atoms with Crippen LogP contribution in [-0.2, 0) is 19.1 Å². The van der Waals surface area contributed by atoms with Gasteiger partial charge in [-0.15, -0.1) is 0 Å². The third-order valence-corrected chi connectivity index (χ3v) is 2.78. The Bertz CT molecular complexity index is 288. The molecule has 0 aliphatic carbocycles. The standard InChI is InChI=1S/C13H24N2O4/c1-10(2)18-8-4-6-14-12(16)13(17)15-9-11-5-3-7-19-11/h10-11H,3-9H2,1-2H3,(H,14,16)(H,15,17)/t11-/m1/s1. The van der Waals surface area contributed by atoms with E-state index in [0.29, 0.717) is 26.1 Å². The fraction of sp³-hybridized carbons (Fsp3) is 0.846. The molecular weight excluding hydrogens is 248 g/mol. The van der Waals surface area contributed by atoms with Gasteiger partial charge in [0.05, 0.1) is 12.2 Å². The Morgan fingerprint density at radius 3 is 2.68 bits per heavy atom. The molecule has 0 aromatic carbocycles. The maximum atomic E-state index is 11.5. The Morgan fingerprint density at radius 1 is 1.32 bits per heavy atom. The number of hydrogen-bond acceptors (Lipinski definition) is 4. The van der Waals surface area contributed by atoms with Gasteiger partial charge in [0, 0.05) is 26.3 Å². The predicted molar refractivity (Wildman–Crippen MR) is 70.7 cm³/mol. The van der Waals surface area contributed by atoms with Crippen LogP contribution < -0.4 is 10.6 Å². The van der Waals surface area contributed by atoms with Crippen molar-refractivity contribution < 1.29 is 19.1 Å². The fourth-order valence-corrected chi connectivity index (χ4v) is 1.77. The third kappa shape index (κ3) is 7.12. The van der Waals surface area contributed by atoms with E-state index in [-0.39, 0.29) is 12.2 Å². The highest BCUT2D eigenvalue weighted by molar-refractivity contribution is 6.35. The van der Waals surface area contributed by atoms with Crippen LogP contribution in [0.5, 0.6) is 0 Å². The van der Waals surface area contributed by atoms with Crippen LogP contribution in [-0.4, -0.2) is 50.3 Å². The zero-order valence-electron chi connectivity index (χ0n) is 11.7. The summed E-state index contributed by atoms with van der Waals surface area (Å²) in [6.07, 6.45) is 2.89. The molecule has 110 valence electrons. The van der Waals surface area contributed by atoms with Crippen molar-refractivity contribution in [3.8, 4) is 0 Å². The molecule has 1 saturated heterocycles. The quantitative estimate of drug-likeness (QED) is 0.513. The Morgan fingerprint density at radius 2 is 2.05 bits per heavy atom. The number of carbonyl (C=O) groups excluding carboxylic acids is 2. The van der Waals surface area contributed by atoms with Gasteiger partial charge >= 0.3 is 11.8 Å². The van der Waals surface area contributed by atoms with Gasteiger partial charge in [0.15, 0.2) is 0 Å². The lowest BCUT2D eigenvalue weighted by Gasteiger charge is -2.11. The van der Waals surface area contributed by atoms with Gasteiger partial charge in [-0.25, -0.2) is 0 Å². The highest BCUT2D eigenvalue weighted by Crippen LogP contribution is 2.10. The summed E-state index contributed by atoms with van der Waals surface area (Å²) in [5.41, 5.74) is 0. The van der Waals surface area contributed by atoms with Crippen LogP contribution >= 0.6 is 0 Å². The van der Waals surface area contributed by atoms with Crippen LogP contribution in [0.2, 0.25) is 0 Å². The molecule has 0 aromatic rings. The van der Waals surface area contributed by atoms with Gasteiger partial charge in [-0.1, -0.05) is 0 Å². The number of ether oxygens (including phenoxy) is 2. The molecule has 0 unspecified atom stereocenters. The summed E-state index contributed by atoms with van der Waals surface area (Å²) in [5, 5.41) is 5.14. The van der Waals surface area contributed by atoms with E-state index in [2.05, 4.69) is 10.6 Å². The van der Waals surface area contributed by atoms with Crippen molar-refractivity contribution in [1.82, 2.24) is 10.6 Å². The summed E-state index contributed by atoms with van der Waals surface area (Å²) in [4.78, 5) is 22.9.